The zero-order valence-corrected chi connectivity index (χ0v) is 13.5. The quantitative estimate of drug-likeness (QED) is 0.840. The largest absolute Gasteiger partial charge is 0.293 e. The predicted octanol–water partition coefficient (Wildman–Crippen LogP) is 3.08. The number of carbonyl (C=O) groups is 1. The van der Waals surface area contributed by atoms with Gasteiger partial charge in [0.25, 0.3) is 0 Å². The van der Waals surface area contributed by atoms with Crippen LogP contribution in [0, 0.1) is 5.92 Å². The van der Waals surface area contributed by atoms with E-state index >= 15 is 0 Å². The van der Waals surface area contributed by atoms with E-state index in [1.807, 2.05) is 31.2 Å². The topological polar surface area (TPSA) is 35.9 Å². The second-order valence-electron chi connectivity index (χ2n) is 6.37. The summed E-state index contributed by atoms with van der Waals surface area (Å²) in [5.74, 6) is 0.655. The highest BCUT2D eigenvalue weighted by molar-refractivity contribution is 6.30. The van der Waals surface area contributed by atoms with Crippen LogP contribution in [0.1, 0.15) is 37.8 Å². The molecule has 4 nitrogen and oxygen atoms in total. The Kier molecular flexibility index (Phi) is 3.46. The van der Waals surface area contributed by atoms with E-state index in [0.29, 0.717) is 12.3 Å². The number of hydrogen-bond donors (Lipinski definition) is 0. The van der Waals surface area contributed by atoms with E-state index in [4.69, 9.17) is 16.7 Å². The lowest BCUT2D eigenvalue weighted by Crippen LogP contribution is -2.56. The van der Waals surface area contributed by atoms with Gasteiger partial charge in [-0.2, -0.15) is 5.10 Å². The highest BCUT2D eigenvalue weighted by atomic mass is 35.5. The summed E-state index contributed by atoms with van der Waals surface area (Å²) in [6.45, 7) is 4.14. The zero-order valence-electron chi connectivity index (χ0n) is 12.7. The van der Waals surface area contributed by atoms with Crippen LogP contribution >= 0.6 is 11.6 Å². The maximum Gasteiger partial charge on any atom is 0.243 e. The number of halogens is 1. The number of hydrogen-bond acceptors (Lipinski definition) is 3. The minimum absolute atomic E-state index is 0.00261. The Morgan fingerprint density at radius 2 is 1.91 bits per heavy atom. The summed E-state index contributed by atoms with van der Waals surface area (Å²) in [6.07, 6.45) is 2.84. The first kappa shape index (κ1) is 14.2. The van der Waals surface area contributed by atoms with E-state index < -0.39 is 0 Å². The lowest BCUT2D eigenvalue weighted by atomic mass is 9.78. The Bertz CT molecular complexity index is 619. The second kappa shape index (κ2) is 5.36. The highest BCUT2D eigenvalue weighted by Gasteiger charge is 2.50. The Morgan fingerprint density at radius 3 is 2.55 bits per heavy atom. The van der Waals surface area contributed by atoms with Crippen molar-refractivity contribution in [1.29, 1.82) is 0 Å². The fourth-order valence-corrected chi connectivity index (χ4v) is 4.21. The van der Waals surface area contributed by atoms with Crippen molar-refractivity contribution in [2.75, 3.05) is 13.1 Å². The number of fused-ring (bicyclic) bond motifs is 2. The molecule has 2 atom stereocenters. The molecule has 1 aromatic rings. The van der Waals surface area contributed by atoms with E-state index in [0.717, 1.165) is 23.7 Å². The number of piperidine rings is 3. The van der Waals surface area contributed by atoms with Crippen LogP contribution in [0.4, 0.5) is 0 Å². The minimum atomic E-state index is 0.00261. The van der Waals surface area contributed by atoms with Gasteiger partial charge in [-0.25, -0.2) is 5.01 Å². The van der Waals surface area contributed by atoms with E-state index in [9.17, 15) is 4.79 Å². The first-order valence-corrected chi connectivity index (χ1v) is 8.47. The predicted molar refractivity (Wildman–Crippen MR) is 86.9 cm³/mol. The fraction of sp³-hybridized carbons (Fsp3) is 0.529. The number of rotatable bonds is 2. The number of nitrogens with zero attached hydrogens (tertiary/aromatic N) is 3. The van der Waals surface area contributed by atoms with Crippen molar-refractivity contribution in [2.45, 2.75) is 38.3 Å². The van der Waals surface area contributed by atoms with E-state index in [2.05, 4.69) is 4.90 Å². The third-order valence-corrected chi connectivity index (χ3v) is 5.45. The molecule has 2 unspecified atom stereocenters. The average molecular weight is 318 g/mol. The lowest BCUT2D eigenvalue weighted by molar-refractivity contribution is -0.133. The summed E-state index contributed by atoms with van der Waals surface area (Å²) in [5, 5.41) is 7.23. The zero-order chi connectivity index (χ0) is 15.3. The summed E-state index contributed by atoms with van der Waals surface area (Å²) in [7, 11) is 0. The van der Waals surface area contributed by atoms with Crippen molar-refractivity contribution in [1.82, 2.24) is 9.91 Å². The lowest BCUT2D eigenvalue weighted by Gasteiger charge is -2.46. The van der Waals surface area contributed by atoms with Gasteiger partial charge in [-0.15, -0.1) is 0 Å². The highest BCUT2D eigenvalue weighted by Crippen LogP contribution is 2.43. The van der Waals surface area contributed by atoms with E-state index in [-0.39, 0.29) is 18.0 Å². The number of hydrazone groups is 1. The molecule has 0 aliphatic carbocycles. The number of carbonyl (C=O) groups excluding carboxylic acids is 1. The smallest absolute Gasteiger partial charge is 0.243 e. The maximum absolute atomic E-state index is 12.4. The SMILES string of the molecule is CCC(=O)N1N=C2C3CCN(CC3)C2C1c1ccc(Cl)cc1. The van der Waals surface area contributed by atoms with Gasteiger partial charge in [-0.05, 0) is 43.6 Å². The summed E-state index contributed by atoms with van der Waals surface area (Å²) >= 11 is 6.03. The molecule has 0 spiro atoms. The molecule has 4 aliphatic heterocycles. The third-order valence-electron chi connectivity index (χ3n) is 5.20. The van der Waals surface area contributed by atoms with Gasteiger partial charge < -0.3 is 0 Å². The molecule has 5 heteroatoms. The fourth-order valence-electron chi connectivity index (χ4n) is 4.08. The van der Waals surface area contributed by atoms with Crippen LogP contribution < -0.4 is 0 Å². The van der Waals surface area contributed by atoms with Gasteiger partial charge >= 0.3 is 0 Å². The first-order chi connectivity index (χ1) is 10.7. The summed E-state index contributed by atoms with van der Waals surface area (Å²) in [5.41, 5.74) is 2.35. The molecule has 1 aromatic carbocycles. The second-order valence-corrected chi connectivity index (χ2v) is 6.80. The Labute approximate surface area is 135 Å². The van der Waals surface area contributed by atoms with Crippen molar-refractivity contribution in [2.24, 2.45) is 11.0 Å². The van der Waals surface area contributed by atoms with Crippen molar-refractivity contribution in [3.05, 3.63) is 34.9 Å². The molecule has 1 amide bonds. The molecule has 22 heavy (non-hydrogen) atoms. The summed E-state index contributed by atoms with van der Waals surface area (Å²) in [6, 6.07) is 8.13. The molecule has 0 saturated carbocycles. The van der Waals surface area contributed by atoms with Gasteiger partial charge in [0.1, 0.15) is 6.04 Å². The molecule has 116 valence electrons. The molecule has 0 radical (unpaired) electrons. The molecular formula is C17H20ClN3O. The third kappa shape index (κ3) is 2.09. The Morgan fingerprint density at radius 1 is 1.23 bits per heavy atom. The molecular weight excluding hydrogens is 298 g/mol. The minimum Gasteiger partial charge on any atom is -0.293 e. The van der Waals surface area contributed by atoms with Gasteiger partial charge in [0.15, 0.2) is 0 Å². The monoisotopic (exact) mass is 317 g/mol. The molecule has 0 N–H and O–H groups in total. The first-order valence-electron chi connectivity index (χ1n) is 8.09. The average Bonchev–Trinajstić information content (AvgIpc) is 2.98. The van der Waals surface area contributed by atoms with Crippen molar-refractivity contribution >= 4 is 23.2 Å². The normalized spacial score (nSPS) is 32.8. The van der Waals surface area contributed by atoms with Crippen molar-refractivity contribution in [3.63, 3.8) is 0 Å². The molecule has 4 heterocycles. The van der Waals surface area contributed by atoms with Crippen LogP contribution in [0.2, 0.25) is 5.02 Å². The molecule has 2 bridgehead atoms. The van der Waals surface area contributed by atoms with Crippen molar-refractivity contribution in [3.8, 4) is 0 Å². The van der Waals surface area contributed by atoms with Crippen LogP contribution in [-0.4, -0.2) is 40.7 Å². The van der Waals surface area contributed by atoms with Crippen LogP contribution in [-0.2, 0) is 4.79 Å². The van der Waals surface area contributed by atoms with Gasteiger partial charge in [0, 0.05) is 17.4 Å². The number of amides is 1. The molecule has 0 aromatic heterocycles. The van der Waals surface area contributed by atoms with Crippen LogP contribution in [0.25, 0.3) is 0 Å². The van der Waals surface area contributed by atoms with Crippen LogP contribution in [0.5, 0.6) is 0 Å². The Balaban J connectivity index is 1.76. The standard InChI is InChI=1S/C17H20ClN3O/c1-2-14(22)21-16(12-3-5-13(18)6-4-12)17-15(19-21)11-7-9-20(17)10-8-11/h3-6,11,16-17H,2,7-10H2,1H3. The Hall–Kier alpha value is -1.39. The summed E-state index contributed by atoms with van der Waals surface area (Å²) < 4.78 is 0. The van der Waals surface area contributed by atoms with Gasteiger partial charge in [-0.1, -0.05) is 30.7 Å². The molecule has 3 saturated heterocycles. The van der Waals surface area contributed by atoms with E-state index in [1.54, 1.807) is 5.01 Å². The molecule has 4 aliphatic rings. The van der Waals surface area contributed by atoms with Gasteiger partial charge in [0.2, 0.25) is 5.91 Å². The molecule has 5 rings (SSSR count). The molecule has 3 fully saturated rings. The van der Waals surface area contributed by atoms with Crippen LogP contribution in [0.15, 0.2) is 29.4 Å². The number of benzene rings is 1. The van der Waals surface area contributed by atoms with E-state index in [1.165, 1.54) is 18.6 Å². The van der Waals surface area contributed by atoms with Crippen molar-refractivity contribution < 1.29 is 4.79 Å². The maximum atomic E-state index is 12.4. The van der Waals surface area contributed by atoms with Gasteiger partial charge in [-0.3, -0.25) is 9.69 Å². The van der Waals surface area contributed by atoms with Crippen LogP contribution in [0.3, 0.4) is 0 Å². The van der Waals surface area contributed by atoms with Gasteiger partial charge in [0.05, 0.1) is 11.8 Å². The summed E-state index contributed by atoms with van der Waals surface area (Å²) in [4.78, 5) is 14.9.